The Morgan fingerprint density at radius 1 is 1.24 bits per heavy atom. The Kier molecular flexibility index (Phi) is 7.34. The van der Waals surface area contributed by atoms with E-state index in [9.17, 15) is 14.0 Å². The molecule has 7 heteroatoms. The molecule has 0 saturated heterocycles. The fraction of sp³-hybridized carbons (Fsp3) is 0.429. The van der Waals surface area contributed by atoms with E-state index in [1.165, 1.54) is 31.4 Å². The number of carboxylic acids is 1. The van der Waals surface area contributed by atoms with E-state index in [0.717, 1.165) is 4.90 Å². The Hall–Kier alpha value is -1.99. The Labute approximate surface area is 122 Å². The van der Waals surface area contributed by atoms with Gasteiger partial charge in [0.15, 0.2) is 0 Å². The number of rotatable bonds is 9. The third kappa shape index (κ3) is 6.82. The van der Waals surface area contributed by atoms with Gasteiger partial charge in [-0.25, -0.2) is 4.39 Å². The van der Waals surface area contributed by atoms with Gasteiger partial charge in [0.25, 0.3) is 0 Å². The van der Waals surface area contributed by atoms with Crippen molar-refractivity contribution in [3.8, 4) is 0 Å². The normalized spacial score (nSPS) is 10.4. The van der Waals surface area contributed by atoms with Gasteiger partial charge in [0.2, 0.25) is 5.91 Å². The third-order valence-corrected chi connectivity index (χ3v) is 2.62. The predicted molar refractivity (Wildman–Crippen MR) is 72.1 cm³/mol. The van der Waals surface area contributed by atoms with Gasteiger partial charge < -0.3 is 19.5 Å². The number of carbonyl (C=O) groups is 2. The fourth-order valence-electron chi connectivity index (χ4n) is 1.60. The van der Waals surface area contributed by atoms with Gasteiger partial charge in [0.1, 0.15) is 19.0 Å². The number of halogens is 1. The van der Waals surface area contributed by atoms with Crippen molar-refractivity contribution in [2.24, 2.45) is 0 Å². The van der Waals surface area contributed by atoms with Crippen LogP contribution in [0.25, 0.3) is 0 Å². The van der Waals surface area contributed by atoms with E-state index >= 15 is 0 Å². The van der Waals surface area contributed by atoms with E-state index in [-0.39, 0.29) is 19.8 Å². The number of nitrogens with zero attached hydrogens (tertiary/aromatic N) is 1. The number of carbonyl (C=O) groups excluding carboxylic acids is 1. The molecule has 0 unspecified atom stereocenters. The van der Waals surface area contributed by atoms with Crippen LogP contribution in [0.5, 0.6) is 0 Å². The first kappa shape index (κ1) is 17.1. The van der Waals surface area contributed by atoms with Crippen LogP contribution in [0.15, 0.2) is 24.3 Å². The van der Waals surface area contributed by atoms with E-state index in [2.05, 4.69) is 0 Å². The van der Waals surface area contributed by atoms with E-state index < -0.39 is 24.2 Å². The average Bonchev–Trinajstić information content (AvgIpc) is 2.44. The standard InChI is InChI=1S/C14H18FNO5/c1-20-6-7-21-10-13(17)16(9-14(18)19)8-11-2-4-12(15)5-3-11/h2-5H,6-10H2,1H3,(H,18,19). The van der Waals surface area contributed by atoms with Gasteiger partial charge in [-0.1, -0.05) is 12.1 Å². The van der Waals surface area contributed by atoms with Crippen molar-refractivity contribution in [2.45, 2.75) is 6.54 Å². The zero-order chi connectivity index (χ0) is 15.7. The molecule has 0 aliphatic rings. The largest absolute Gasteiger partial charge is 0.480 e. The first-order valence-corrected chi connectivity index (χ1v) is 6.33. The molecule has 0 saturated carbocycles. The molecule has 1 aromatic carbocycles. The molecule has 21 heavy (non-hydrogen) atoms. The molecule has 0 atom stereocenters. The summed E-state index contributed by atoms with van der Waals surface area (Å²) in [7, 11) is 1.51. The van der Waals surface area contributed by atoms with Crippen LogP contribution < -0.4 is 0 Å². The second-order valence-electron chi connectivity index (χ2n) is 4.32. The predicted octanol–water partition coefficient (Wildman–Crippen LogP) is 0.902. The number of amides is 1. The quantitative estimate of drug-likeness (QED) is 0.686. The zero-order valence-electron chi connectivity index (χ0n) is 11.8. The van der Waals surface area contributed by atoms with Crippen LogP contribution in [0.3, 0.4) is 0 Å². The van der Waals surface area contributed by atoms with Crippen molar-refractivity contribution in [3.05, 3.63) is 35.6 Å². The monoisotopic (exact) mass is 299 g/mol. The zero-order valence-corrected chi connectivity index (χ0v) is 11.8. The third-order valence-electron chi connectivity index (χ3n) is 2.62. The van der Waals surface area contributed by atoms with Gasteiger partial charge in [0, 0.05) is 13.7 Å². The minimum Gasteiger partial charge on any atom is -0.480 e. The summed E-state index contributed by atoms with van der Waals surface area (Å²) < 4.78 is 22.7. The smallest absolute Gasteiger partial charge is 0.323 e. The summed E-state index contributed by atoms with van der Waals surface area (Å²) in [5.74, 6) is -1.96. The van der Waals surface area contributed by atoms with Crippen LogP contribution in [-0.2, 0) is 25.6 Å². The highest BCUT2D eigenvalue weighted by atomic mass is 19.1. The summed E-state index contributed by atoms with van der Waals surface area (Å²) in [6, 6.07) is 5.52. The molecule has 1 rings (SSSR count). The molecule has 0 radical (unpaired) electrons. The summed E-state index contributed by atoms with van der Waals surface area (Å²) in [6.45, 7) is 0.0185. The number of benzene rings is 1. The van der Waals surface area contributed by atoms with Crippen molar-refractivity contribution in [3.63, 3.8) is 0 Å². The van der Waals surface area contributed by atoms with Gasteiger partial charge in [0.05, 0.1) is 13.2 Å². The lowest BCUT2D eigenvalue weighted by Gasteiger charge is -2.20. The lowest BCUT2D eigenvalue weighted by Crippen LogP contribution is -2.37. The lowest BCUT2D eigenvalue weighted by atomic mass is 10.2. The van der Waals surface area contributed by atoms with Gasteiger partial charge in [-0.15, -0.1) is 0 Å². The number of hydrogen-bond acceptors (Lipinski definition) is 4. The highest BCUT2D eigenvalue weighted by Gasteiger charge is 2.17. The first-order valence-electron chi connectivity index (χ1n) is 6.33. The summed E-state index contributed by atoms with van der Waals surface area (Å²) in [6.07, 6.45) is 0. The van der Waals surface area contributed by atoms with Crippen molar-refractivity contribution in [1.82, 2.24) is 4.90 Å². The highest BCUT2D eigenvalue weighted by Crippen LogP contribution is 2.07. The summed E-state index contributed by atoms with van der Waals surface area (Å²) in [5.41, 5.74) is 0.642. The molecule has 0 spiro atoms. The van der Waals surface area contributed by atoms with E-state index in [4.69, 9.17) is 14.6 Å². The van der Waals surface area contributed by atoms with E-state index in [1.54, 1.807) is 0 Å². The maximum Gasteiger partial charge on any atom is 0.323 e. The molecular weight excluding hydrogens is 281 g/mol. The Balaban J connectivity index is 2.59. The van der Waals surface area contributed by atoms with Crippen molar-refractivity contribution >= 4 is 11.9 Å². The molecule has 1 amide bonds. The molecule has 0 aliphatic heterocycles. The SMILES string of the molecule is COCCOCC(=O)N(CC(=O)O)Cc1ccc(F)cc1. The first-order chi connectivity index (χ1) is 10.0. The second-order valence-corrected chi connectivity index (χ2v) is 4.32. The maximum atomic E-state index is 12.8. The lowest BCUT2D eigenvalue weighted by molar-refractivity contribution is -0.147. The number of hydrogen-bond donors (Lipinski definition) is 1. The number of methoxy groups -OCH3 is 1. The van der Waals surface area contributed by atoms with Crippen LogP contribution in [-0.4, -0.2) is 55.4 Å². The summed E-state index contributed by atoms with van der Waals surface area (Å²) in [4.78, 5) is 23.9. The van der Waals surface area contributed by atoms with Gasteiger partial charge in [-0.05, 0) is 17.7 Å². The second kappa shape index (κ2) is 9.04. The van der Waals surface area contributed by atoms with E-state index in [0.29, 0.717) is 12.2 Å². The summed E-state index contributed by atoms with van der Waals surface area (Å²) in [5, 5.41) is 8.85. The van der Waals surface area contributed by atoms with Crippen LogP contribution >= 0.6 is 0 Å². The maximum absolute atomic E-state index is 12.8. The highest BCUT2D eigenvalue weighted by molar-refractivity contribution is 5.82. The number of carboxylic acid groups (broad SMARTS) is 1. The Bertz CT molecular complexity index is 463. The Morgan fingerprint density at radius 2 is 1.90 bits per heavy atom. The molecule has 1 N–H and O–H groups in total. The molecule has 0 aromatic heterocycles. The number of aliphatic carboxylic acids is 1. The molecule has 0 heterocycles. The summed E-state index contributed by atoms with van der Waals surface area (Å²) >= 11 is 0. The van der Waals surface area contributed by atoms with Crippen LogP contribution in [0, 0.1) is 5.82 Å². The molecule has 0 bridgehead atoms. The minimum atomic E-state index is -1.12. The minimum absolute atomic E-state index is 0.0824. The molecule has 0 fully saturated rings. The van der Waals surface area contributed by atoms with Crippen LogP contribution in [0.1, 0.15) is 5.56 Å². The van der Waals surface area contributed by atoms with Crippen LogP contribution in [0.2, 0.25) is 0 Å². The van der Waals surface area contributed by atoms with Gasteiger partial charge >= 0.3 is 5.97 Å². The molecule has 6 nitrogen and oxygen atoms in total. The van der Waals surface area contributed by atoms with E-state index in [1.807, 2.05) is 0 Å². The molecule has 116 valence electrons. The van der Waals surface area contributed by atoms with Crippen molar-refractivity contribution in [2.75, 3.05) is 33.5 Å². The average molecular weight is 299 g/mol. The topological polar surface area (TPSA) is 76.1 Å². The van der Waals surface area contributed by atoms with Crippen molar-refractivity contribution in [1.29, 1.82) is 0 Å². The fourth-order valence-corrected chi connectivity index (χ4v) is 1.60. The van der Waals surface area contributed by atoms with Crippen molar-refractivity contribution < 1.29 is 28.6 Å². The number of ether oxygens (including phenoxy) is 2. The Morgan fingerprint density at radius 3 is 2.48 bits per heavy atom. The molecule has 1 aromatic rings. The molecular formula is C14H18FNO5. The molecule has 0 aliphatic carbocycles. The van der Waals surface area contributed by atoms with Crippen LogP contribution in [0.4, 0.5) is 4.39 Å². The van der Waals surface area contributed by atoms with Gasteiger partial charge in [-0.2, -0.15) is 0 Å². The van der Waals surface area contributed by atoms with Gasteiger partial charge in [-0.3, -0.25) is 9.59 Å².